The van der Waals surface area contributed by atoms with Crippen LogP contribution in [0.2, 0.25) is 0 Å². The van der Waals surface area contributed by atoms with Gasteiger partial charge in [0.2, 0.25) is 0 Å². The van der Waals surface area contributed by atoms with Crippen molar-refractivity contribution in [1.29, 1.82) is 0 Å². The molecular weight excluding hydrogens is 236 g/mol. The first-order chi connectivity index (χ1) is 7.80. The van der Waals surface area contributed by atoms with Crippen molar-refractivity contribution in [2.24, 2.45) is 0 Å². The Kier molecular flexibility index (Phi) is 4.07. The second-order valence-corrected chi connectivity index (χ2v) is 3.75. The van der Waals surface area contributed by atoms with Crippen molar-refractivity contribution in [2.75, 3.05) is 6.61 Å². The third-order valence-corrected chi connectivity index (χ3v) is 2.36. The molecule has 0 aromatic carbocycles. The molecule has 0 bridgehead atoms. The maximum absolute atomic E-state index is 10.7. The SMILES string of the molecule is O=C(O)[C@]1(O)CC(O)=CC([C@@H](O)[C@@H](O)CO)O1. The highest BCUT2D eigenvalue weighted by Crippen LogP contribution is 2.27. The van der Waals surface area contributed by atoms with E-state index in [0.717, 1.165) is 6.08 Å². The van der Waals surface area contributed by atoms with E-state index < -0.39 is 48.9 Å². The number of ether oxygens (including phenoxy) is 1. The summed E-state index contributed by atoms with van der Waals surface area (Å²) < 4.78 is 4.69. The molecule has 1 rings (SSSR count). The first-order valence-corrected chi connectivity index (χ1v) is 4.80. The van der Waals surface area contributed by atoms with Gasteiger partial charge in [-0.05, 0) is 6.08 Å². The van der Waals surface area contributed by atoms with Crippen molar-refractivity contribution in [3.8, 4) is 0 Å². The zero-order valence-electron chi connectivity index (χ0n) is 8.72. The van der Waals surface area contributed by atoms with Crippen LogP contribution in [0, 0.1) is 0 Å². The van der Waals surface area contributed by atoms with Crippen LogP contribution in [0.4, 0.5) is 0 Å². The summed E-state index contributed by atoms with van der Waals surface area (Å²) in [5.74, 6) is -4.89. The lowest BCUT2D eigenvalue weighted by Gasteiger charge is -2.34. The fourth-order valence-electron chi connectivity index (χ4n) is 1.42. The van der Waals surface area contributed by atoms with Gasteiger partial charge >= 0.3 is 5.97 Å². The summed E-state index contributed by atoms with van der Waals surface area (Å²) in [5, 5.41) is 54.7. The maximum atomic E-state index is 10.7. The summed E-state index contributed by atoms with van der Waals surface area (Å²) in [4.78, 5) is 10.7. The van der Waals surface area contributed by atoms with Crippen LogP contribution in [0.1, 0.15) is 6.42 Å². The Morgan fingerprint density at radius 2 is 2.18 bits per heavy atom. The molecule has 1 aliphatic heterocycles. The average Bonchev–Trinajstić information content (AvgIpc) is 2.25. The van der Waals surface area contributed by atoms with E-state index >= 15 is 0 Å². The van der Waals surface area contributed by atoms with E-state index in [0.29, 0.717) is 0 Å². The zero-order chi connectivity index (χ0) is 13.2. The second kappa shape index (κ2) is 4.98. The van der Waals surface area contributed by atoms with Gasteiger partial charge in [-0.2, -0.15) is 0 Å². The first-order valence-electron chi connectivity index (χ1n) is 4.80. The Bertz CT molecular complexity index is 327. The number of rotatable bonds is 4. The molecule has 0 radical (unpaired) electrons. The number of hydrogen-bond acceptors (Lipinski definition) is 7. The summed E-state index contributed by atoms with van der Waals surface area (Å²) >= 11 is 0. The number of aliphatic carboxylic acids is 1. The van der Waals surface area contributed by atoms with Crippen LogP contribution in [0.25, 0.3) is 0 Å². The van der Waals surface area contributed by atoms with Gasteiger partial charge in [-0.25, -0.2) is 4.79 Å². The molecule has 1 aliphatic rings. The van der Waals surface area contributed by atoms with Crippen LogP contribution in [0.3, 0.4) is 0 Å². The highest BCUT2D eigenvalue weighted by molar-refractivity contribution is 5.75. The molecule has 0 amide bonds. The van der Waals surface area contributed by atoms with E-state index in [9.17, 15) is 20.1 Å². The Morgan fingerprint density at radius 3 is 2.65 bits per heavy atom. The van der Waals surface area contributed by atoms with E-state index in [1.54, 1.807) is 0 Å². The smallest absolute Gasteiger partial charge is 0.364 e. The van der Waals surface area contributed by atoms with Gasteiger partial charge in [0.15, 0.2) is 0 Å². The molecule has 98 valence electrons. The number of carboxylic acid groups (broad SMARTS) is 1. The van der Waals surface area contributed by atoms with Gasteiger partial charge in [-0.1, -0.05) is 0 Å². The molecule has 0 fully saturated rings. The van der Waals surface area contributed by atoms with Crippen LogP contribution >= 0.6 is 0 Å². The molecule has 1 heterocycles. The molecule has 0 aromatic heterocycles. The monoisotopic (exact) mass is 250 g/mol. The van der Waals surface area contributed by atoms with Crippen LogP contribution in [-0.4, -0.2) is 67.3 Å². The van der Waals surface area contributed by atoms with Gasteiger partial charge in [-0.3, -0.25) is 0 Å². The van der Waals surface area contributed by atoms with Gasteiger partial charge in [0.25, 0.3) is 5.79 Å². The fourth-order valence-corrected chi connectivity index (χ4v) is 1.42. The summed E-state index contributed by atoms with van der Waals surface area (Å²) in [6.45, 7) is -0.777. The van der Waals surface area contributed by atoms with E-state index in [2.05, 4.69) is 4.74 Å². The molecule has 17 heavy (non-hydrogen) atoms. The van der Waals surface area contributed by atoms with Crippen LogP contribution in [-0.2, 0) is 9.53 Å². The molecule has 6 N–H and O–H groups in total. The number of carboxylic acids is 1. The van der Waals surface area contributed by atoms with Crippen LogP contribution < -0.4 is 0 Å². The molecule has 0 aliphatic carbocycles. The van der Waals surface area contributed by atoms with Crippen molar-refractivity contribution >= 4 is 5.97 Å². The molecule has 0 spiro atoms. The molecular formula is C9H14O8. The highest BCUT2D eigenvalue weighted by atomic mass is 16.7. The number of aliphatic hydroxyl groups is 5. The summed E-state index contributed by atoms with van der Waals surface area (Å²) in [6, 6.07) is 0. The molecule has 1 unspecified atom stereocenters. The lowest BCUT2D eigenvalue weighted by molar-refractivity contribution is -0.255. The van der Waals surface area contributed by atoms with E-state index in [1.807, 2.05) is 0 Å². The minimum absolute atomic E-state index is 0.490. The van der Waals surface area contributed by atoms with Gasteiger partial charge < -0.3 is 35.4 Å². The van der Waals surface area contributed by atoms with Crippen molar-refractivity contribution in [2.45, 2.75) is 30.5 Å². The number of aliphatic hydroxyl groups excluding tert-OH is 4. The minimum atomic E-state index is -2.67. The van der Waals surface area contributed by atoms with Gasteiger partial charge in [-0.15, -0.1) is 0 Å². The second-order valence-electron chi connectivity index (χ2n) is 3.75. The number of hydrogen-bond donors (Lipinski definition) is 6. The van der Waals surface area contributed by atoms with Crippen molar-refractivity contribution in [3.05, 3.63) is 11.8 Å². The third-order valence-electron chi connectivity index (χ3n) is 2.36. The Balaban J connectivity index is 2.88. The van der Waals surface area contributed by atoms with Crippen LogP contribution in [0.5, 0.6) is 0 Å². The zero-order valence-corrected chi connectivity index (χ0v) is 8.72. The maximum Gasteiger partial charge on any atom is 0.364 e. The predicted molar refractivity (Wildman–Crippen MR) is 51.9 cm³/mol. The predicted octanol–water partition coefficient (Wildman–Crippen LogP) is -2.30. The average molecular weight is 250 g/mol. The van der Waals surface area contributed by atoms with E-state index in [-0.39, 0.29) is 0 Å². The molecule has 8 heteroatoms. The molecule has 0 aromatic rings. The molecule has 0 saturated carbocycles. The lowest BCUT2D eigenvalue weighted by Crippen LogP contribution is -2.52. The van der Waals surface area contributed by atoms with E-state index in [4.69, 9.17) is 15.3 Å². The quantitative estimate of drug-likeness (QED) is 0.326. The highest BCUT2D eigenvalue weighted by Gasteiger charge is 2.46. The summed E-state index contributed by atoms with van der Waals surface area (Å²) in [5.41, 5.74) is 0. The van der Waals surface area contributed by atoms with Crippen LogP contribution in [0.15, 0.2) is 11.8 Å². The normalized spacial score (nSPS) is 32.7. The molecule has 4 atom stereocenters. The molecule has 0 saturated heterocycles. The Labute approximate surface area is 96.0 Å². The topological polar surface area (TPSA) is 148 Å². The summed E-state index contributed by atoms with van der Waals surface area (Å²) in [6.07, 6.45) is -4.40. The molecule has 8 nitrogen and oxygen atoms in total. The number of carbonyl (C=O) groups is 1. The van der Waals surface area contributed by atoms with Gasteiger partial charge in [0.05, 0.1) is 18.8 Å². The standard InChI is InChI=1S/C9H14O8/c10-3-5(12)7(13)6-1-4(11)2-9(16,17-6)8(14)15/h1,5-7,10-13,16H,2-3H2,(H,14,15)/t5-,6?,7-,9-/m0/s1. The van der Waals surface area contributed by atoms with Gasteiger partial charge in [0.1, 0.15) is 18.3 Å². The largest absolute Gasteiger partial charge is 0.512 e. The van der Waals surface area contributed by atoms with Crippen molar-refractivity contribution in [3.63, 3.8) is 0 Å². The fraction of sp³-hybridized carbons (Fsp3) is 0.667. The Hall–Kier alpha value is -1.19. The minimum Gasteiger partial charge on any atom is -0.512 e. The van der Waals surface area contributed by atoms with Crippen molar-refractivity contribution in [1.82, 2.24) is 0 Å². The third kappa shape index (κ3) is 2.93. The first kappa shape index (κ1) is 13.9. The lowest BCUT2D eigenvalue weighted by atomic mass is 10.0. The van der Waals surface area contributed by atoms with Gasteiger partial charge in [0, 0.05) is 0 Å². The van der Waals surface area contributed by atoms with Crippen molar-refractivity contribution < 1.29 is 40.2 Å². The Morgan fingerprint density at radius 1 is 1.59 bits per heavy atom. The summed E-state index contributed by atoms with van der Waals surface area (Å²) in [7, 11) is 0. The van der Waals surface area contributed by atoms with E-state index in [1.165, 1.54) is 0 Å².